The van der Waals surface area contributed by atoms with Crippen molar-refractivity contribution >= 4 is 11.5 Å². The molecule has 0 N–H and O–H groups in total. The quantitative estimate of drug-likeness (QED) is 0.615. The molecule has 1 heterocycles. The van der Waals surface area contributed by atoms with E-state index in [0.29, 0.717) is 26.1 Å². The maximum Gasteiger partial charge on any atom is 0.310 e. The first kappa shape index (κ1) is 13.5. The van der Waals surface area contributed by atoms with E-state index in [9.17, 15) is 14.9 Å². The van der Waals surface area contributed by atoms with E-state index in [1.165, 1.54) is 19.1 Å². The molecule has 0 unspecified atom stereocenters. The first-order valence-electron chi connectivity index (χ1n) is 6.06. The van der Waals surface area contributed by atoms with E-state index in [2.05, 4.69) is 0 Å². The van der Waals surface area contributed by atoms with Crippen LogP contribution in [0.3, 0.4) is 0 Å². The van der Waals surface area contributed by atoms with E-state index in [4.69, 9.17) is 9.47 Å². The van der Waals surface area contributed by atoms with Gasteiger partial charge in [-0.25, -0.2) is 0 Å². The molecule has 19 heavy (non-hydrogen) atoms. The molecule has 102 valence electrons. The van der Waals surface area contributed by atoms with Gasteiger partial charge in [0.05, 0.1) is 18.1 Å². The molecular formula is C13H15NO5. The zero-order valence-corrected chi connectivity index (χ0v) is 10.6. The van der Waals surface area contributed by atoms with Gasteiger partial charge in [0.1, 0.15) is 0 Å². The first-order chi connectivity index (χ1) is 9.05. The van der Waals surface area contributed by atoms with Crippen LogP contribution >= 0.6 is 0 Å². The van der Waals surface area contributed by atoms with Crippen molar-refractivity contribution < 1.29 is 19.2 Å². The topological polar surface area (TPSA) is 78.7 Å². The Labute approximate surface area is 110 Å². The van der Waals surface area contributed by atoms with Crippen LogP contribution in [0.5, 0.6) is 5.75 Å². The third kappa shape index (κ3) is 2.73. The molecule has 1 aliphatic heterocycles. The molecule has 0 bridgehead atoms. The molecule has 6 heteroatoms. The average molecular weight is 265 g/mol. The van der Waals surface area contributed by atoms with Crippen LogP contribution in [-0.4, -0.2) is 29.5 Å². The van der Waals surface area contributed by atoms with Crippen LogP contribution in [0.15, 0.2) is 24.3 Å². The van der Waals surface area contributed by atoms with Gasteiger partial charge in [-0.15, -0.1) is 0 Å². The van der Waals surface area contributed by atoms with E-state index in [0.717, 1.165) is 0 Å². The molecule has 1 aromatic carbocycles. The van der Waals surface area contributed by atoms with Crippen molar-refractivity contribution in [2.45, 2.75) is 25.4 Å². The summed E-state index contributed by atoms with van der Waals surface area (Å²) >= 11 is 0. The van der Waals surface area contributed by atoms with Gasteiger partial charge in [-0.3, -0.25) is 14.9 Å². The zero-order valence-electron chi connectivity index (χ0n) is 10.6. The summed E-state index contributed by atoms with van der Waals surface area (Å²) in [7, 11) is 0. The Morgan fingerprint density at radius 3 is 2.58 bits per heavy atom. The van der Waals surface area contributed by atoms with Crippen LogP contribution in [0.1, 0.15) is 19.8 Å². The SMILES string of the molecule is CC(=O)C1(Oc2ccccc2[N+](=O)[O-])CCOCC1. The third-order valence-corrected chi connectivity index (χ3v) is 3.31. The van der Waals surface area contributed by atoms with Crippen molar-refractivity contribution in [3.8, 4) is 5.75 Å². The Hall–Kier alpha value is -1.95. The molecule has 1 aromatic rings. The number of hydrogen-bond acceptors (Lipinski definition) is 5. The summed E-state index contributed by atoms with van der Waals surface area (Å²) < 4.78 is 10.9. The number of carbonyl (C=O) groups excluding carboxylic acids is 1. The fourth-order valence-corrected chi connectivity index (χ4v) is 2.13. The lowest BCUT2D eigenvalue weighted by Crippen LogP contribution is -2.48. The summed E-state index contributed by atoms with van der Waals surface area (Å²) in [4.78, 5) is 22.3. The molecule has 2 rings (SSSR count). The highest BCUT2D eigenvalue weighted by molar-refractivity contribution is 5.85. The average Bonchev–Trinajstić information content (AvgIpc) is 2.40. The van der Waals surface area contributed by atoms with E-state index in [-0.39, 0.29) is 17.2 Å². The minimum absolute atomic E-state index is 0.129. The number of nitro groups is 1. The lowest BCUT2D eigenvalue weighted by Gasteiger charge is -2.35. The second kappa shape index (κ2) is 5.36. The minimum atomic E-state index is -1.01. The van der Waals surface area contributed by atoms with Gasteiger partial charge in [0.2, 0.25) is 0 Å². The highest BCUT2D eigenvalue weighted by Gasteiger charge is 2.41. The number of para-hydroxylation sites is 2. The lowest BCUT2D eigenvalue weighted by atomic mass is 9.90. The monoisotopic (exact) mass is 265 g/mol. The Kier molecular flexibility index (Phi) is 3.80. The zero-order chi connectivity index (χ0) is 13.9. The minimum Gasteiger partial charge on any atom is -0.472 e. The molecule has 1 aliphatic rings. The number of nitro benzene ring substituents is 1. The summed E-state index contributed by atoms with van der Waals surface area (Å²) in [6.07, 6.45) is 0.822. The Morgan fingerprint density at radius 1 is 1.37 bits per heavy atom. The predicted octanol–water partition coefficient (Wildman–Crippen LogP) is 2.11. The number of hydrogen-bond donors (Lipinski definition) is 0. The van der Waals surface area contributed by atoms with Crippen LogP contribution in [0.25, 0.3) is 0 Å². The standard InChI is InChI=1S/C13H15NO5/c1-10(15)13(6-8-18-9-7-13)19-12-5-3-2-4-11(12)14(16)17/h2-5H,6-9H2,1H3. The lowest BCUT2D eigenvalue weighted by molar-refractivity contribution is -0.386. The predicted molar refractivity (Wildman–Crippen MR) is 67.2 cm³/mol. The van der Waals surface area contributed by atoms with Crippen molar-refractivity contribution in [1.82, 2.24) is 0 Å². The van der Waals surface area contributed by atoms with Gasteiger partial charge in [0.25, 0.3) is 0 Å². The molecule has 0 atom stereocenters. The third-order valence-electron chi connectivity index (χ3n) is 3.31. The van der Waals surface area contributed by atoms with Crippen LogP contribution in [-0.2, 0) is 9.53 Å². The second-order valence-electron chi connectivity index (χ2n) is 4.49. The molecule has 1 fully saturated rings. The largest absolute Gasteiger partial charge is 0.472 e. The second-order valence-corrected chi connectivity index (χ2v) is 4.49. The number of benzene rings is 1. The van der Waals surface area contributed by atoms with Crippen LogP contribution in [0.4, 0.5) is 5.69 Å². The van der Waals surface area contributed by atoms with E-state index < -0.39 is 10.5 Å². The van der Waals surface area contributed by atoms with Crippen LogP contribution in [0, 0.1) is 10.1 Å². The molecule has 0 radical (unpaired) electrons. The number of nitrogens with zero attached hydrogens (tertiary/aromatic N) is 1. The van der Waals surface area contributed by atoms with Gasteiger partial charge in [0.15, 0.2) is 17.1 Å². The maximum absolute atomic E-state index is 11.9. The molecule has 0 amide bonds. The summed E-state index contributed by atoms with van der Waals surface area (Å²) in [6, 6.07) is 6.09. The van der Waals surface area contributed by atoms with E-state index in [1.54, 1.807) is 12.1 Å². The molecular weight excluding hydrogens is 250 g/mol. The number of ether oxygens (including phenoxy) is 2. The van der Waals surface area contributed by atoms with Crippen molar-refractivity contribution in [3.63, 3.8) is 0 Å². The Bertz CT molecular complexity index is 494. The maximum atomic E-state index is 11.9. The van der Waals surface area contributed by atoms with Gasteiger partial charge < -0.3 is 9.47 Å². The van der Waals surface area contributed by atoms with Crippen molar-refractivity contribution in [2.75, 3.05) is 13.2 Å². The molecule has 1 saturated heterocycles. The van der Waals surface area contributed by atoms with Crippen molar-refractivity contribution in [1.29, 1.82) is 0 Å². The normalized spacial score (nSPS) is 17.7. The number of ketones is 1. The van der Waals surface area contributed by atoms with E-state index >= 15 is 0 Å². The summed E-state index contributed by atoms with van der Waals surface area (Å²) in [5.41, 5.74) is -1.14. The van der Waals surface area contributed by atoms with Gasteiger partial charge in [-0.2, -0.15) is 0 Å². The molecule has 0 spiro atoms. The van der Waals surface area contributed by atoms with Gasteiger partial charge in [0, 0.05) is 18.9 Å². The van der Waals surface area contributed by atoms with Crippen LogP contribution in [0.2, 0.25) is 0 Å². The van der Waals surface area contributed by atoms with E-state index in [1.807, 2.05) is 0 Å². The first-order valence-corrected chi connectivity index (χ1v) is 6.06. The summed E-state index contributed by atoms with van der Waals surface area (Å²) in [5.74, 6) is -0.00134. The van der Waals surface area contributed by atoms with Gasteiger partial charge in [-0.05, 0) is 13.0 Å². The summed E-state index contributed by atoms with van der Waals surface area (Å²) in [6.45, 7) is 2.28. The van der Waals surface area contributed by atoms with Crippen LogP contribution < -0.4 is 4.74 Å². The van der Waals surface area contributed by atoms with Crippen molar-refractivity contribution in [2.24, 2.45) is 0 Å². The van der Waals surface area contributed by atoms with Gasteiger partial charge >= 0.3 is 5.69 Å². The molecule has 0 aromatic heterocycles. The van der Waals surface area contributed by atoms with Crippen molar-refractivity contribution in [3.05, 3.63) is 34.4 Å². The molecule has 6 nitrogen and oxygen atoms in total. The smallest absolute Gasteiger partial charge is 0.310 e. The highest BCUT2D eigenvalue weighted by Crippen LogP contribution is 2.34. The molecule has 0 saturated carbocycles. The number of Topliss-reactive ketones (excluding diaryl/α,β-unsaturated/α-hetero) is 1. The number of carbonyl (C=O) groups is 1. The summed E-state index contributed by atoms with van der Waals surface area (Å²) in [5, 5.41) is 11.0. The molecule has 0 aliphatic carbocycles. The Balaban J connectivity index is 2.32. The number of rotatable bonds is 4. The van der Waals surface area contributed by atoms with Gasteiger partial charge in [-0.1, -0.05) is 12.1 Å². The highest BCUT2D eigenvalue weighted by atomic mass is 16.6. The Morgan fingerprint density at radius 2 is 2.00 bits per heavy atom. The fraction of sp³-hybridized carbons (Fsp3) is 0.462. The fourth-order valence-electron chi connectivity index (χ4n) is 2.13.